The van der Waals surface area contributed by atoms with Gasteiger partial charge in [-0.15, -0.1) is 0 Å². The minimum Gasteiger partial charge on any atom is -0.462 e. The lowest BCUT2D eigenvalue weighted by Crippen LogP contribution is -2.30. The van der Waals surface area contributed by atoms with Crippen molar-refractivity contribution in [1.82, 2.24) is 0 Å². The summed E-state index contributed by atoms with van der Waals surface area (Å²) >= 11 is 0. The van der Waals surface area contributed by atoms with Gasteiger partial charge in [-0.2, -0.15) is 0 Å². The van der Waals surface area contributed by atoms with Crippen LogP contribution < -0.4 is 0 Å². The fourth-order valence-corrected chi connectivity index (χ4v) is 9.61. The summed E-state index contributed by atoms with van der Waals surface area (Å²) in [7, 11) is 0. The second-order valence-electron chi connectivity index (χ2n) is 22.0. The van der Waals surface area contributed by atoms with Gasteiger partial charge >= 0.3 is 17.9 Å². The summed E-state index contributed by atoms with van der Waals surface area (Å²) in [6.45, 7) is 6.61. The molecule has 0 aromatic heterocycles. The van der Waals surface area contributed by atoms with Gasteiger partial charge in [0.05, 0.1) is 0 Å². The molecule has 0 amide bonds. The molecule has 0 spiro atoms. The van der Waals surface area contributed by atoms with E-state index >= 15 is 0 Å². The van der Waals surface area contributed by atoms with Gasteiger partial charge in [-0.05, 0) is 57.8 Å². The van der Waals surface area contributed by atoms with Gasteiger partial charge in [-0.25, -0.2) is 0 Å². The third-order valence-electron chi connectivity index (χ3n) is 14.5. The zero-order valence-electron chi connectivity index (χ0n) is 50.1. The van der Waals surface area contributed by atoms with Crippen LogP contribution in [0.4, 0.5) is 0 Å². The number of carbonyl (C=O) groups is 3. The SMILES string of the molecule is CCCCC/C=C\C/C=C\C/C=C\C/C=C\C/C=C\CCC(=O)OC(COC(=O)CCCCCCCCCCCCCCCCCCC)COC(=O)CCCCCCCCCCCCCCCCCCCCCCC. The molecule has 0 bridgehead atoms. The summed E-state index contributed by atoms with van der Waals surface area (Å²) in [5.41, 5.74) is 0. The van der Waals surface area contributed by atoms with E-state index in [1.165, 1.54) is 231 Å². The highest BCUT2D eigenvalue weighted by Gasteiger charge is 2.19. The standard InChI is InChI=1S/C69H124O6/c1-4-7-10-13-16-19-22-25-28-31-33-34-36-38-41-44-47-50-53-56-59-62-68(71)74-65-66(64-73-67(70)61-58-55-52-49-46-43-40-37-30-27-24-21-18-15-12-9-6-3)75-69(72)63-60-57-54-51-48-45-42-39-35-32-29-26-23-20-17-14-11-8-5-2/h17,20,26,29,35,39,45,48,54,57,66H,4-16,18-19,21-25,27-28,30-34,36-38,40-44,46-47,49-53,55-56,58-65H2,1-3H3/b20-17-,29-26-,39-35-,48-45-,57-54-. The van der Waals surface area contributed by atoms with Crippen LogP contribution in [0, 0.1) is 0 Å². The molecule has 0 heterocycles. The molecule has 0 aromatic carbocycles. The summed E-state index contributed by atoms with van der Waals surface area (Å²) in [6, 6.07) is 0. The highest BCUT2D eigenvalue weighted by Crippen LogP contribution is 2.18. The summed E-state index contributed by atoms with van der Waals surface area (Å²) in [5.74, 6) is -0.960. The van der Waals surface area contributed by atoms with Gasteiger partial charge in [0.15, 0.2) is 6.10 Å². The molecule has 436 valence electrons. The fourth-order valence-electron chi connectivity index (χ4n) is 9.61. The van der Waals surface area contributed by atoms with Gasteiger partial charge in [0.25, 0.3) is 0 Å². The smallest absolute Gasteiger partial charge is 0.306 e. The number of rotatable bonds is 60. The fraction of sp³-hybridized carbons (Fsp3) is 0.812. The Hall–Kier alpha value is -2.89. The first-order valence-electron chi connectivity index (χ1n) is 32.8. The van der Waals surface area contributed by atoms with E-state index in [9.17, 15) is 14.4 Å². The van der Waals surface area contributed by atoms with Gasteiger partial charge < -0.3 is 14.2 Å². The van der Waals surface area contributed by atoms with Gasteiger partial charge in [0, 0.05) is 19.3 Å². The number of ether oxygens (including phenoxy) is 3. The Kier molecular flexibility index (Phi) is 61.2. The first kappa shape index (κ1) is 72.1. The molecule has 0 rings (SSSR count). The number of esters is 3. The second-order valence-corrected chi connectivity index (χ2v) is 22.0. The molecule has 75 heavy (non-hydrogen) atoms. The lowest BCUT2D eigenvalue weighted by molar-refractivity contribution is -0.166. The highest BCUT2D eigenvalue weighted by molar-refractivity contribution is 5.71. The van der Waals surface area contributed by atoms with E-state index in [-0.39, 0.29) is 37.5 Å². The predicted molar refractivity (Wildman–Crippen MR) is 325 cm³/mol. The lowest BCUT2D eigenvalue weighted by atomic mass is 10.0. The molecule has 0 aliphatic heterocycles. The average Bonchev–Trinajstić information content (AvgIpc) is 3.41. The Morgan fingerprint density at radius 2 is 0.507 bits per heavy atom. The molecule has 0 aliphatic rings. The van der Waals surface area contributed by atoms with Gasteiger partial charge in [0.2, 0.25) is 0 Å². The lowest BCUT2D eigenvalue weighted by Gasteiger charge is -2.18. The molecule has 1 atom stereocenters. The number of hydrogen-bond donors (Lipinski definition) is 0. The van der Waals surface area contributed by atoms with Crippen molar-refractivity contribution in [3.8, 4) is 0 Å². The van der Waals surface area contributed by atoms with Crippen molar-refractivity contribution in [2.45, 2.75) is 348 Å². The molecule has 0 N–H and O–H groups in total. The molecular formula is C69H124O6. The topological polar surface area (TPSA) is 78.9 Å². The summed E-state index contributed by atoms with van der Waals surface area (Å²) in [4.78, 5) is 38.3. The summed E-state index contributed by atoms with van der Waals surface area (Å²) < 4.78 is 16.9. The Bertz CT molecular complexity index is 1340. The zero-order valence-corrected chi connectivity index (χ0v) is 50.1. The van der Waals surface area contributed by atoms with Crippen molar-refractivity contribution >= 4 is 17.9 Å². The number of unbranched alkanes of at least 4 members (excludes halogenated alkanes) is 39. The maximum Gasteiger partial charge on any atom is 0.306 e. The Morgan fingerprint density at radius 3 is 0.800 bits per heavy atom. The third-order valence-corrected chi connectivity index (χ3v) is 14.5. The average molecular weight is 1050 g/mol. The number of carbonyl (C=O) groups excluding carboxylic acids is 3. The van der Waals surface area contributed by atoms with Crippen LogP contribution in [-0.2, 0) is 28.6 Å². The van der Waals surface area contributed by atoms with Crippen LogP contribution in [0.3, 0.4) is 0 Å². The first-order valence-corrected chi connectivity index (χ1v) is 32.8. The maximum absolute atomic E-state index is 12.9. The number of hydrogen-bond acceptors (Lipinski definition) is 6. The van der Waals surface area contributed by atoms with E-state index in [4.69, 9.17) is 14.2 Å². The van der Waals surface area contributed by atoms with E-state index in [0.717, 1.165) is 64.2 Å². The molecule has 6 nitrogen and oxygen atoms in total. The molecule has 0 saturated carbocycles. The highest BCUT2D eigenvalue weighted by atomic mass is 16.6. The van der Waals surface area contributed by atoms with E-state index in [2.05, 4.69) is 75.5 Å². The van der Waals surface area contributed by atoms with Crippen molar-refractivity contribution < 1.29 is 28.6 Å². The van der Waals surface area contributed by atoms with Crippen molar-refractivity contribution in [3.05, 3.63) is 60.8 Å². The minimum absolute atomic E-state index is 0.0991. The number of allylic oxidation sites excluding steroid dienone is 10. The van der Waals surface area contributed by atoms with Crippen LogP contribution in [0.25, 0.3) is 0 Å². The van der Waals surface area contributed by atoms with E-state index in [1.54, 1.807) is 0 Å². The molecule has 0 aromatic rings. The van der Waals surface area contributed by atoms with Crippen LogP contribution >= 0.6 is 0 Å². The molecule has 0 radical (unpaired) electrons. The van der Waals surface area contributed by atoms with Crippen LogP contribution in [0.5, 0.6) is 0 Å². The van der Waals surface area contributed by atoms with Crippen LogP contribution in [0.15, 0.2) is 60.8 Å². The predicted octanol–water partition coefficient (Wildman–Crippen LogP) is 22.3. The van der Waals surface area contributed by atoms with Gasteiger partial charge in [-0.1, -0.05) is 326 Å². The Morgan fingerprint density at radius 1 is 0.267 bits per heavy atom. The normalized spacial score (nSPS) is 12.4. The largest absolute Gasteiger partial charge is 0.462 e. The minimum atomic E-state index is -0.812. The van der Waals surface area contributed by atoms with Crippen molar-refractivity contribution in [2.75, 3.05) is 13.2 Å². The Balaban J connectivity index is 4.42. The summed E-state index contributed by atoms with van der Waals surface area (Å²) in [6.07, 6.45) is 81.0. The van der Waals surface area contributed by atoms with Gasteiger partial charge in [-0.3, -0.25) is 14.4 Å². The van der Waals surface area contributed by atoms with E-state index < -0.39 is 6.10 Å². The molecule has 0 saturated heterocycles. The van der Waals surface area contributed by atoms with Crippen LogP contribution in [0.2, 0.25) is 0 Å². The first-order chi connectivity index (χ1) is 37.0. The van der Waals surface area contributed by atoms with Crippen molar-refractivity contribution in [2.24, 2.45) is 0 Å². The van der Waals surface area contributed by atoms with E-state index in [0.29, 0.717) is 19.3 Å². The molecule has 0 fully saturated rings. The quantitative estimate of drug-likeness (QED) is 0.0261. The van der Waals surface area contributed by atoms with Crippen molar-refractivity contribution in [3.63, 3.8) is 0 Å². The molecule has 0 aliphatic carbocycles. The third kappa shape index (κ3) is 61.8. The van der Waals surface area contributed by atoms with E-state index in [1.807, 2.05) is 6.08 Å². The molecule has 1 unspecified atom stereocenters. The zero-order chi connectivity index (χ0) is 54.3. The monoisotopic (exact) mass is 1050 g/mol. The summed E-state index contributed by atoms with van der Waals surface area (Å²) in [5, 5.41) is 0. The molecular weight excluding hydrogens is 925 g/mol. The van der Waals surface area contributed by atoms with Crippen LogP contribution in [0.1, 0.15) is 342 Å². The Labute approximate surface area is 466 Å². The van der Waals surface area contributed by atoms with Crippen LogP contribution in [-0.4, -0.2) is 37.2 Å². The van der Waals surface area contributed by atoms with Crippen molar-refractivity contribution in [1.29, 1.82) is 0 Å². The molecule has 6 heteroatoms. The van der Waals surface area contributed by atoms with Gasteiger partial charge in [0.1, 0.15) is 13.2 Å². The maximum atomic E-state index is 12.9. The second kappa shape index (κ2) is 63.6.